The minimum atomic E-state index is 0.222. The average Bonchev–Trinajstić information content (AvgIpc) is 3.45. The van der Waals surface area contributed by atoms with Gasteiger partial charge in [0.1, 0.15) is 17.6 Å². The molecule has 0 aliphatic carbocycles. The third kappa shape index (κ3) is 3.20. The van der Waals surface area contributed by atoms with Crippen molar-refractivity contribution in [2.45, 2.75) is 6.04 Å². The van der Waals surface area contributed by atoms with Crippen molar-refractivity contribution >= 4 is 11.1 Å². The van der Waals surface area contributed by atoms with Crippen LogP contribution in [0.3, 0.4) is 0 Å². The first-order chi connectivity index (χ1) is 11.3. The molecule has 23 heavy (non-hydrogen) atoms. The third-order valence-electron chi connectivity index (χ3n) is 3.92. The van der Waals surface area contributed by atoms with Crippen molar-refractivity contribution < 1.29 is 9.47 Å². The van der Waals surface area contributed by atoms with Crippen LogP contribution in [-0.2, 0) is 0 Å². The molecule has 3 rings (SSSR count). The van der Waals surface area contributed by atoms with Gasteiger partial charge in [-0.15, -0.1) is 0 Å². The molecule has 0 aromatic heterocycles. The molecule has 0 saturated carbocycles. The topological polar surface area (TPSA) is 64.2 Å². The number of nitriles is 1. The van der Waals surface area contributed by atoms with Crippen LogP contribution >= 0.6 is 0 Å². The molecule has 2 aromatic carbocycles. The Morgan fingerprint density at radius 2 is 1.43 bits per heavy atom. The standard InChI is InChI=1S/C19H18N2O2/c1-22-15-7-3-13(4-8-15)17(11-20)19(18-12-21-18)14-5-9-16(23-2)10-6-14/h3-10,18,21H,12H2,1-2H3/b19-17-. The van der Waals surface area contributed by atoms with Crippen molar-refractivity contribution in [3.63, 3.8) is 0 Å². The fraction of sp³-hybridized carbons (Fsp3) is 0.211. The second-order valence-corrected chi connectivity index (χ2v) is 5.32. The van der Waals surface area contributed by atoms with Gasteiger partial charge < -0.3 is 14.8 Å². The quantitative estimate of drug-likeness (QED) is 0.524. The fourth-order valence-electron chi connectivity index (χ4n) is 2.59. The fourth-order valence-corrected chi connectivity index (χ4v) is 2.59. The first-order valence-corrected chi connectivity index (χ1v) is 7.43. The number of benzene rings is 2. The molecule has 4 heteroatoms. The molecule has 1 aliphatic heterocycles. The van der Waals surface area contributed by atoms with Crippen LogP contribution < -0.4 is 14.8 Å². The van der Waals surface area contributed by atoms with Gasteiger partial charge in [-0.25, -0.2) is 0 Å². The molecule has 0 spiro atoms. The number of hydrogen-bond donors (Lipinski definition) is 1. The molecule has 1 fully saturated rings. The van der Waals surface area contributed by atoms with Crippen LogP contribution in [0.15, 0.2) is 48.5 Å². The summed E-state index contributed by atoms with van der Waals surface area (Å²) >= 11 is 0. The summed E-state index contributed by atoms with van der Waals surface area (Å²) in [4.78, 5) is 0. The number of allylic oxidation sites excluding steroid dienone is 1. The predicted molar refractivity (Wildman–Crippen MR) is 90.2 cm³/mol. The second-order valence-electron chi connectivity index (χ2n) is 5.32. The predicted octanol–water partition coefficient (Wildman–Crippen LogP) is 3.11. The minimum absolute atomic E-state index is 0.222. The Labute approximate surface area is 136 Å². The summed E-state index contributed by atoms with van der Waals surface area (Å²) in [6, 6.07) is 18.0. The maximum Gasteiger partial charge on any atom is 0.118 e. The molecule has 1 N–H and O–H groups in total. The lowest BCUT2D eigenvalue weighted by Gasteiger charge is -2.11. The summed E-state index contributed by atoms with van der Waals surface area (Å²) < 4.78 is 10.4. The van der Waals surface area contributed by atoms with E-state index in [0.29, 0.717) is 5.57 Å². The van der Waals surface area contributed by atoms with Gasteiger partial charge in [-0.2, -0.15) is 5.26 Å². The van der Waals surface area contributed by atoms with Crippen LogP contribution in [0, 0.1) is 11.3 Å². The van der Waals surface area contributed by atoms with E-state index in [1.165, 1.54) is 0 Å². The van der Waals surface area contributed by atoms with Gasteiger partial charge in [-0.05, 0) is 53.1 Å². The van der Waals surface area contributed by atoms with Gasteiger partial charge in [0, 0.05) is 12.6 Å². The molecule has 0 radical (unpaired) electrons. The second kappa shape index (κ2) is 6.55. The van der Waals surface area contributed by atoms with Crippen LogP contribution in [-0.4, -0.2) is 26.8 Å². The smallest absolute Gasteiger partial charge is 0.118 e. The van der Waals surface area contributed by atoms with Crippen molar-refractivity contribution in [1.29, 1.82) is 5.26 Å². The third-order valence-corrected chi connectivity index (χ3v) is 3.92. The molecule has 0 bridgehead atoms. The van der Waals surface area contributed by atoms with Crippen LogP contribution in [0.25, 0.3) is 11.1 Å². The Morgan fingerprint density at radius 1 is 0.957 bits per heavy atom. The average molecular weight is 306 g/mol. The number of nitrogens with one attached hydrogen (secondary N) is 1. The van der Waals surface area contributed by atoms with Crippen LogP contribution in [0.4, 0.5) is 0 Å². The molecular formula is C19H18N2O2. The Hall–Kier alpha value is -2.77. The molecule has 2 aromatic rings. The number of rotatable bonds is 5. The normalized spacial score (nSPS) is 17.0. The van der Waals surface area contributed by atoms with E-state index in [0.717, 1.165) is 34.7 Å². The highest BCUT2D eigenvalue weighted by Gasteiger charge is 2.29. The SMILES string of the molecule is COc1ccc(/C(C#N)=C(/c2ccc(OC)cc2)C2CN2)cc1. The van der Waals surface area contributed by atoms with Crippen molar-refractivity contribution in [2.75, 3.05) is 20.8 Å². The van der Waals surface area contributed by atoms with Crippen molar-refractivity contribution in [2.24, 2.45) is 0 Å². The van der Waals surface area contributed by atoms with Crippen molar-refractivity contribution in [3.05, 3.63) is 59.7 Å². The number of nitrogens with zero attached hydrogens (tertiary/aromatic N) is 1. The van der Waals surface area contributed by atoms with Gasteiger partial charge in [0.15, 0.2) is 0 Å². The molecule has 0 amide bonds. The largest absolute Gasteiger partial charge is 0.497 e. The van der Waals surface area contributed by atoms with E-state index in [9.17, 15) is 5.26 Å². The van der Waals surface area contributed by atoms with Gasteiger partial charge in [0.05, 0.1) is 19.8 Å². The van der Waals surface area contributed by atoms with Crippen molar-refractivity contribution in [3.8, 4) is 17.6 Å². The van der Waals surface area contributed by atoms with Gasteiger partial charge in [0.25, 0.3) is 0 Å². The van der Waals surface area contributed by atoms with Gasteiger partial charge >= 0.3 is 0 Å². The Morgan fingerprint density at radius 3 is 1.83 bits per heavy atom. The lowest BCUT2D eigenvalue weighted by molar-refractivity contribution is 0.414. The van der Waals surface area contributed by atoms with Crippen molar-refractivity contribution in [1.82, 2.24) is 5.32 Å². The highest BCUT2D eigenvalue weighted by atomic mass is 16.5. The van der Waals surface area contributed by atoms with Gasteiger partial charge in [-0.3, -0.25) is 0 Å². The molecule has 1 heterocycles. The molecule has 1 saturated heterocycles. The van der Waals surface area contributed by atoms with Crippen LogP contribution in [0.5, 0.6) is 11.5 Å². The van der Waals surface area contributed by atoms with Crippen LogP contribution in [0.2, 0.25) is 0 Å². The zero-order valence-corrected chi connectivity index (χ0v) is 13.2. The highest BCUT2D eigenvalue weighted by molar-refractivity contribution is 6.00. The number of hydrogen-bond acceptors (Lipinski definition) is 4. The number of ether oxygens (including phenoxy) is 2. The molecule has 1 unspecified atom stereocenters. The van der Waals surface area contributed by atoms with E-state index >= 15 is 0 Å². The lowest BCUT2D eigenvalue weighted by Crippen LogP contribution is -2.01. The Bertz CT molecular complexity index is 751. The van der Waals surface area contributed by atoms with E-state index < -0.39 is 0 Å². The maximum atomic E-state index is 9.72. The summed E-state index contributed by atoms with van der Waals surface area (Å²) in [5.74, 6) is 1.58. The molecule has 1 aliphatic rings. The first kappa shape index (κ1) is 15.1. The minimum Gasteiger partial charge on any atom is -0.497 e. The summed E-state index contributed by atoms with van der Waals surface area (Å²) in [5.41, 5.74) is 3.65. The zero-order valence-electron chi connectivity index (χ0n) is 13.2. The summed E-state index contributed by atoms with van der Waals surface area (Å²) in [7, 11) is 3.28. The molecular weight excluding hydrogens is 288 g/mol. The molecule has 4 nitrogen and oxygen atoms in total. The summed E-state index contributed by atoms with van der Waals surface area (Å²) in [6.07, 6.45) is 0. The molecule has 116 valence electrons. The zero-order chi connectivity index (χ0) is 16.2. The lowest BCUT2D eigenvalue weighted by atomic mass is 9.93. The molecule has 1 atom stereocenters. The van der Waals surface area contributed by atoms with E-state index in [2.05, 4.69) is 11.4 Å². The van der Waals surface area contributed by atoms with E-state index in [1.54, 1.807) is 14.2 Å². The van der Waals surface area contributed by atoms with E-state index in [4.69, 9.17) is 9.47 Å². The monoisotopic (exact) mass is 306 g/mol. The maximum absolute atomic E-state index is 9.72. The summed E-state index contributed by atoms with van der Waals surface area (Å²) in [6.45, 7) is 0.892. The van der Waals surface area contributed by atoms with Gasteiger partial charge in [0.2, 0.25) is 0 Å². The number of methoxy groups -OCH3 is 2. The Balaban J connectivity index is 2.07. The van der Waals surface area contributed by atoms with Gasteiger partial charge in [-0.1, -0.05) is 12.1 Å². The first-order valence-electron chi connectivity index (χ1n) is 7.43. The van der Waals surface area contributed by atoms with E-state index in [-0.39, 0.29) is 6.04 Å². The van der Waals surface area contributed by atoms with E-state index in [1.807, 2.05) is 48.5 Å². The van der Waals surface area contributed by atoms with Crippen LogP contribution in [0.1, 0.15) is 11.1 Å². The highest BCUT2D eigenvalue weighted by Crippen LogP contribution is 2.33. The summed E-state index contributed by atoms with van der Waals surface area (Å²) in [5, 5.41) is 13.0. The Kier molecular flexibility index (Phi) is 4.31.